The Hall–Kier alpha value is -4.34. The van der Waals surface area contributed by atoms with Crippen LogP contribution in [0, 0.1) is 13.8 Å². The lowest BCUT2D eigenvalue weighted by atomic mass is 10.1. The number of amides is 3. The molecule has 1 aromatic carbocycles. The average molecular weight is 515 g/mol. The van der Waals surface area contributed by atoms with Crippen LogP contribution >= 0.6 is 0 Å². The molecule has 0 saturated carbocycles. The van der Waals surface area contributed by atoms with Crippen LogP contribution in [0.1, 0.15) is 51.2 Å². The molecule has 5 rings (SSSR count). The van der Waals surface area contributed by atoms with Crippen LogP contribution in [0.2, 0.25) is 0 Å². The van der Waals surface area contributed by atoms with Crippen molar-refractivity contribution in [2.45, 2.75) is 45.2 Å². The van der Waals surface area contributed by atoms with Crippen LogP contribution in [0.15, 0.2) is 48.9 Å². The Labute approximate surface area is 220 Å². The maximum Gasteiger partial charge on any atom is 0.257 e. The summed E-state index contributed by atoms with van der Waals surface area (Å²) in [5.74, 6) is 0.445. The highest BCUT2D eigenvalue weighted by Gasteiger charge is 2.39. The van der Waals surface area contributed by atoms with E-state index < -0.39 is 0 Å². The summed E-state index contributed by atoms with van der Waals surface area (Å²) in [7, 11) is 0. The van der Waals surface area contributed by atoms with Crippen molar-refractivity contribution in [3.63, 3.8) is 0 Å². The van der Waals surface area contributed by atoms with Crippen LogP contribution in [0.3, 0.4) is 0 Å². The first kappa shape index (κ1) is 25.3. The van der Waals surface area contributed by atoms with Gasteiger partial charge in [-0.3, -0.25) is 19.4 Å². The summed E-state index contributed by atoms with van der Waals surface area (Å²) in [6, 6.07) is 8.37. The zero-order valence-corrected chi connectivity index (χ0v) is 21.4. The van der Waals surface area contributed by atoms with E-state index in [0.717, 1.165) is 11.1 Å². The summed E-state index contributed by atoms with van der Waals surface area (Å²) in [5, 5.41) is 5.87. The van der Waals surface area contributed by atoms with Crippen LogP contribution in [0.25, 0.3) is 11.4 Å². The molecule has 196 valence electrons. The van der Waals surface area contributed by atoms with Gasteiger partial charge in [0.1, 0.15) is 12.4 Å². The zero-order chi connectivity index (χ0) is 26.6. The third kappa shape index (κ3) is 5.34. The lowest BCUT2D eigenvalue weighted by Gasteiger charge is -2.31. The highest BCUT2D eigenvalue weighted by atomic mass is 16.5. The van der Waals surface area contributed by atoms with Crippen LogP contribution in [0.5, 0.6) is 5.75 Å². The Kier molecular flexibility index (Phi) is 7.30. The molecule has 2 aliphatic rings. The van der Waals surface area contributed by atoms with E-state index in [-0.39, 0.29) is 49.4 Å². The third-order valence-electron chi connectivity index (χ3n) is 7.04. The number of hydrogen-bond donors (Lipinski definition) is 2. The highest BCUT2D eigenvalue weighted by molar-refractivity contribution is 5.97. The first-order chi connectivity index (χ1) is 18.4. The van der Waals surface area contributed by atoms with Gasteiger partial charge in [-0.25, -0.2) is 9.97 Å². The molecule has 3 aromatic rings. The second-order valence-electron chi connectivity index (χ2n) is 9.62. The Morgan fingerprint density at radius 1 is 1.05 bits per heavy atom. The van der Waals surface area contributed by atoms with Gasteiger partial charge in [-0.15, -0.1) is 0 Å². The van der Waals surface area contributed by atoms with Gasteiger partial charge < -0.3 is 20.3 Å². The lowest BCUT2D eigenvalue weighted by molar-refractivity contribution is -0.122. The maximum absolute atomic E-state index is 13.9. The number of ether oxygens (including phenoxy) is 1. The standard InChI is InChI=1S/C28H30N6O4/c1-17-5-6-19-12-24(17)38-11-10-30-25(35)13-21-7-8-22(15-32-27(19)36)34(21)28(37)23-16-31-26(33-18(23)2)20-4-3-9-29-14-20/h3-6,9,12,14,16,21-22H,7-8,10-11,13,15H2,1-2H3,(H,30,35)(H,32,36)/t21-,22+/m0/s1. The van der Waals surface area contributed by atoms with E-state index in [9.17, 15) is 14.4 Å². The van der Waals surface area contributed by atoms with E-state index in [1.807, 2.05) is 19.1 Å². The Balaban J connectivity index is 1.42. The SMILES string of the molecule is Cc1ccc2cc1OCCNC(=O)C[C@@H]1CC[C@H](CNC2=O)N1C(=O)c1cnc(-c2cccnc2)nc1C. The fraction of sp³-hybridized carbons (Fsp3) is 0.357. The number of nitrogens with one attached hydrogen (secondary N) is 2. The molecule has 1 fully saturated rings. The Morgan fingerprint density at radius 3 is 2.68 bits per heavy atom. The van der Waals surface area contributed by atoms with Gasteiger partial charge in [-0.1, -0.05) is 6.07 Å². The maximum atomic E-state index is 13.9. The number of rotatable bonds is 2. The molecule has 0 unspecified atom stereocenters. The van der Waals surface area contributed by atoms with E-state index in [1.165, 1.54) is 6.20 Å². The van der Waals surface area contributed by atoms with Gasteiger partial charge in [-0.2, -0.15) is 0 Å². The van der Waals surface area contributed by atoms with Gasteiger partial charge in [0, 0.05) is 54.8 Å². The number of aryl methyl sites for hydroxylation is 2. The van der Waals surface area contributed by atoms with Crippen molar-refractivity contribution in [2.24, 2.45) is 0 Å². The summed E-state index contributed by atoms with van der Waals surface area (Å²) in [6.07, 6.45) is 6.36. The predicted molar refractivity (Wildman–Crippen MR) is 140 cm³/mol. The molecule has 0 spiro atoms. The van der Waals surface area contributed by atoms with Gasteiger partial charge in [-0.05, 0) is 56.5 Å². The largest absolute Gasteiger partial charge is 0.491 e. The van der Waals surface area contributed by atoms with Gasteiger partial charge in [0.25, 0.3) is 11.8 Å². The molecule has 0 radical (unpaired) electrons. The van der Waals surface area contributed by atoms with Gasteiger partial charge in [0.2, 0.25) is 5.91 Å². The smallest absolute Gasteiger partial charge is 0.257 e. The van der Waals surface area contributed by atoms with Crippen molar-refractivity contribution < 1.29 is 19.1 Å². The number of carbonyl (C=O) groups excluding carboxylic acids is 3. The average Bonchev–Trinajstić information content (AvgIpc) is 3.32. The second-order valence-corrected chi connectivity index (χ2v) is 9.62. The second kappa shape index (κ2) is 11.0. The van der Waals surface area contributed by atoms with Crippen molar-refractivity contribution in [1.82, 2.24) is 30.5 Å². The molecule has 3 amide bonds. The fourth-order valence-corrected chi connectivity index (χ4v) is 4.99. The van der Waals surface area contributed by atoms with E-state index in [1.54, 1.807) is 42.4 Å². The highest BCUT2D eigenvalue weighted by Crippen LogP contribution is 2.29. The summed E-state index contributed by atoms with van der Waals surface area (Å²) in [4.78, 5) is 54.4. The summed E-state index contributed by atoms with van der Waals surface area (Å²) >= 11 is 0. The summed E-state index contributed by atoms with van der Waals surface area (Å²) < 4.78 is 5.81. The fourth-order valence-electron chi connectivity index (χ4n) is 4.99. The minimum atomic E-state index is -0.309. The molecule has 1 saturated heterocycles. The molecule has 0 aliphatic carbocycles. The molecule has 4 heterocycles. The molecular weight excluding hydrogens is 484 g/mol. The normalized spacial score (nSPS) is 20.0. The Morgan fingerprint density at radius 2 is 1.89 bits per heavy atom. The van der Waals surface area contributed by atoms with Crippen molar-refractivity contribution in [3.05, 3.63) is 71.3 Å². The minimum Gasteiger partial charge on any atom is -0.491 e. The van der Waals surface area contributed by atoms with E-state index in [2.05, 4.69) is 25.6 Å². The van der Waals surface area contributed by atoms with Gasteiger partial charge >= 0.3 is 0 Å². The van der Waals surface area contributed by atoms with Crippen LogP contribution in [-0.4, -0.2) is 69.4 Å². The van der Waals surface area contributed by atoms with Crippen molar-refractivity contribution in [1.29, 1.82) is 0 Å². The number of fused-ring (bicyclic) bond motifs is 4. The summed E-state index contributed by atoms with van der Waals surface area (Å²) in [6.45, 7) is 4.53. The molecule has 2 N–H and O–H groups in total. The number of hydrogen-bond acceptors (Lipinski definition) is 7. The van der Waals surface area contributed by atoms with E-state index >= 15 is 0 Å². The van der Waals surface area contributed by atoms with Crippen molar-refractivity contribution in [3.8, 4) is 17.1 Å². The third-order valence-corrected chi connectivity index (χ3v) is 7.04. The molecular formula is C28H30N6O4. The molecule has 2 atom stereocenters. The zero-order valence-electron chi connectivity index (χ0n) is 21.4. The van der Waals surface area contributed by atoms with Crippen molar-refractivity contribution >= 4 is 17.7 Å². The molecule has 10 heteroatoms. The number of carbonyl (C=O) groups is 3. The van der Waals surface area contributed by atoms with Gasteiger partial charge in [0.05, 0.1) is 17.8 Å². The predicted octanol–water partition coefficient (Wildman–Crippen LogP) is 2.46. The number of pyridine rings is 1. The molecule has 4 bridgehead atoms. The van der Waals surface area contributed by atoms with Crippen LogP contribution in [0.4, 0.5) is 0 Å². The molecule has 2 aliphatic heterocycles. The van der Waals surface area contributed by atoms with Gasteiger partial charge in [0.15, 0.2) is 5.82 Å². The first-order valence-electron chi connectivity index (χ1n) is 12.8. The number of aromatic nitrogens is 3. The molecule has 2 aromatic heterocycles. The van der Waals surface area contributed by atoms with Crippen LogP contribution in [-0.2, 0) is 4.79 Å². The number of benzene rings is 1. The molecule has 10 nitrogen and oxygen atoms in total. The Bertz CT molecular complexity index is 1360. The van der Waals surface area contributed by atoms with E-state index in [4.69, 9.17) is 4.74 Å². The first-order valence-corrected chi connectivity index (χ1v) is 12.8. The lowest BCUT2D eigenvalue weighted by Crippen LogP contribution is -2.48. The van der Waals surface area contributed by atoms with E-state index in [0.29, 0.717) is 47.8 Å². The van der Waals surface area contributed by atoms with Crippen LogP contribution < -0.4 is 15.4 Å². The monoisotopic (exact) mass is 514 g/mol. The summed E-state index contributed by atoms with van der Waals surface area (Å²) in [5.41, 5.74) is 3.05. The molecule has 38 heavy (non-hydrogen) atoms. The minimum absolute atomic E-state index is 0.152. The van der Waals surface area contributed by atoms with Crippen molar-refractivity contribution in [2.75, 3.05) is 19.7 Å². The topological polar surface area (TPSA) is 126 Å². The number of nitrogens with zero attached hydrogens (tertiary/aromatic N) is 4. The quantitative estimate of drug-likeness (QED) is 0.538.